The normalized spacial score (nSPS) is 14.7. The van der Waals surface area contributed by atoms with Crippen molar-refractivity contribution in [3.63, 3.8) is 0 Å². The largest absolute Gasteiger partial charge is 0.462 e. The monoisotopic (exact) mass is 744 g/mol. The van der Waals surface area contributed by atoms with Crippen molar-refractivity contribution in [2.24, 2.45) is 0 Å². The number of benzene rings is 4. The highest BCUT2D eigenvalue weighted by Gasteiger charge is 2.40. The van der Waals surface area contributed by atoms with Crippen LogP contribution in [0.25, 0.3) is 11.1 Å². The van der Waals surface area contributed by atoms with Crippen LogP contribution >= 0.6 is 0 Å². The highest BCUT2D eigenvalue weighted by atomic mass is 32.2. The predicted molar refractivity (Wildman–Crippen MR) is 198 cm³/mol. The molecular formula is C40H44N2O8S2. The average molecular weight is 745 g/mol. The Morgan fingerprint density at radius 1 is 0.519 bits per heavy atom. The number of esters is 2. The van der Waals surface area contributed by atoms with Crippen LogP contribution in [0.3, 0.4) is 0 Å². The Morgan fingerprint density at radius 3 is 1.10 bits per heavy atom. The van der Waals surface area contributed by atoms with E-state index in [-0.39, 0.29) is 60.3 Å². The van der Waals surface area contributed by atoms with Gasteiger partial charge in [0.05, 0.1) is 34.1 Å². The summed E-state index contributed by atoms with van der Waals surface area (Å²) in [6.07, 6.45) is 0. The van der Waals surface area contributed by atoms with Crippen LogP contribution in [0, 0.1) is 41.5 Å². The van der Waals surface area contributed by atoms with E-state index in [1.165, 1.54) is 8.61 Å². The first kappa shape index (κ1) is 37.4. The van der Waals surface area contributed by atoms with Crippen LogP contribution in [-0.2, 0) is 55.7 Å². The Hall–Kier alpha value is -4.36. The Bertz CT molecular complexity index is 2180. The summed E-state index contributed by atoms with van der Waals surface area (Å²) in [6.45, 7) is 14.9. The van der Waals surface area contributed by atoms with E-state index in [0.717, 1.165) is 22.3 Å². The topological polar surface area (TPSA) is 127 Å². The summed E-state index contributed by atoms with van der Waals surface area (Å²) in [7, 11) is -7.79. The molecule has 0 unspecified atom stereocenters. The van der Waals surface area contributed by atoms with Gasteiger partial charge in [-0.05, 0) is 124 Å². The number of hydrogen-bond acceptors (Lipinski definition) is 8. The number of sulfonamides is 2. The van der Waals surface area contributed by atoms with E-state index in [2.05, 4.69) is 0 Å². The van der Waals surface area contributed by atoms with E-state index < -0.39 is 32.0 Å². The second kappa shape index (κ2) is 13.9. The summed E-state index contributed by atoms with van der Waals surface area (Å²) in [4.78, 5) is 28.3. The van der Waals surface area contributed by atoms with Gasteiger partial charge in [0.1, 0.15) is 0 Å². The van der Waals surface area contributed by atoms with Crippen molar-refractivity contribution >= 4 is 32.0 Å². The van der Waals surface area contributed by atoms with Crippen molar-refractivity contribution in [3.8, 4) is 11.1 Å². The van der Waals surface area contributed by atoms with E-state index in [1.807, 2.05) is 27.7 Å². The maximum atomic E-state index is 14.0. The van der Waals surface area contributed by atoms with Crippen molar-refractivity contribution in [1.82, 2.24) is 8.61 Å². The molecule has 10 nitrogen and oxygen atoms in total. The molecule has 2 aliphatic heterocycles. The fourth-order valence-electron chi connectivity index (χ4n) is 7.53. The first-order chi connectivity index (χ1) is 24.5. The van der Waals surface area contributed by atoms with E-state index in [9.17, 15) is 26.4 Å². The van der Waals surface area contributed by atoms with Gasteiger partial charge in [-0.2, -0.15) is 8.61 Å². The van der Waals surface area contributed by atoms with Gasteiger partial charge in [0.25, 0.3) is 0 Å². The summed E-state index contributed by atoms with van der Waals surface area (Å²) in [6, 6.07) is 13.4. The zero-order valence-electron chi connectivity index (χ0n) is 30.8. The maximum Gasteiger partial charge on any atom is 0.339 e. The van der Waals surface area contributed by atoms with Gasteiger partial charge in [-0.1, -0.05) is 35.4 Å². The second-order valence-corrected chi connectivity index (χ2v) is 17.4. The van der Waals surface area contributed by atoms with Gasteiger partial charge in [-0.25, -0.2) is 26.4 Å². The SMILES string of the molecule is CCOC(=O)c1c(C)c2c(c(C)c1-c1c(C)c3c(c(C)c1C(=O)OCC)CN(S(=O)(=O)c1ccc(C)cc1)C3)CN(S(=O)(=O)c1ccc(C)cc1)C2. The van der Waals surface area contributed by atoms with Crippen molar-refractivity contribution in [2.75, 3.05) is 13.2 Å². The molecule has 0 radical (unpaired) electrons. The van der Waals surface area contributed by atoms with Crippen LogP contribution < -0.4 is 0 Å². The summed E-state index contributed by atoms with van der Waals surface area (Å²) in [5.74, 6) is -1.20. The zero-order valence-corrected chi connectivity index (χ0v) is 32.5. The number of aryl methyl sites for hydroxylation is 2. The average Bonchev–Trinajstić information content (AvgIpc) is 3.77. The maximum absolute atomic E-state index is 14.0. The van der Waals surface area contributed by atoms with Crippen molar-refractivity contribution in [2.45, 2.75) is 91.4 Å². The third kappa shape index (κ3) is 6.15. The summed E-state index contributed by atoms with van der Waals surface area (Å²) in [5, 5.41) is 0. The Morgan fingerprint density at radius 2 is 0.808 bits per heavy atom. The molecule has 12 heteroatoms. The van der Waals surface area contributed by atoms with Gasteiger partial charge in [0.15, 0.2) is 0 Å². The summed E-state index contributed by atoms with van der Waals surface area (Å²) >= 11 is 0. The number of fused-ring (bicyclic) bond motifs is 2. The minimum atomic E-state index is -3.89. The highest BCUT2D eigenvalue weighted by molar-refractivity contribution is 7.89. The highest BCUT2D eigenvalue weighted by Crippen LogP contribution is 2.47. The number of ether oxygens (including phenoxy) is 2. The molecule has 4 aromatic rings. The molecule has 0 N–H and O–H groups in total. The number of carbonyl (C=O) groups is 2. The lowest BCUT2D eigenvalue weighted by Crippen LogP contribution is -2.25. The third-order valence-electron chi connectivity index (χ3n) is 10.4. The second-order valence-electron chi connectivity index (χ2n) is 13.5. The fourth-order valence-corrected chi connectivity index (χ4v) is 10.3. The number of hydrogen-bond donors (Lipinski definition) is 0. The van der Waals surface area contributed by atoms with Crippen LogP contribution in [0.15, 0.2) is 58.3 Å². The Labute approximate surface area is 306 Å². The molecule has 6 rings (SSSR count). The van der Waals surface area contributed by atoms with Crippen molar-refractivity contribution < 1.29 is 35.9 Å². The third-order valence-corrected chi connectivity index (χ3v) is 14.0. The van der Waals surface area contributed by atoms with Gasteiger partial charge < -0.3 is 9.47 Å². The van der Waals surface area contributed by atoms with Crippen molar-refractivity contribution in [1.29, 1.82) is 0 Å². The Kier molecular flexibility index (Phi) is 9.99. The summed E-state index contributed by atoms with van der Waals surface area (Å²) < 4.78 is 69.7. The van der Waals surface area contributed by atoms with Gasteiger partial charge >= 0.3 is 11.9 Å². The number of nitrogens with zero attached hydrogens (tertiary/aromatic N) is 2. The van der Waals surface area contributed by atoms with E-state index >= 15 is 0 Å². The van der Waals surface area contributed by atoms with E-state index in [4.69, 9.17) is 9.47 Å². The van der Waals surface area contributed by atoms with Crippen LogP contribution in [0.5, 0.6) is 0 Å². The van der Waals surface area contributed by atoms with Gasteiger partial charge in [-0.3, -0.25) is 0 Å². The van der Waals surface area contributed by atoms with Crippen LogP contribution in [0.4, 0.5) is 0 Å². The fraction of sp³-hybridized carbons (Fsp3) is 0.350. The van der Waals surface area contributed by atoms with Gasteiger partial charge in [0.2, 0.25) is 20.0 Å². The van der Waals surface area contributed by atoms with E-state index in [1.54, 1.807) is 76.2 Å². The molecule has 274 valence electrons. The molecular weight excluding hydrogens is 701 g/mol. The standard InChI is InChI=1S/C40H44N2O8S2/c1-9-49-39(43)37-27(7)33-21-41(51(45,46)29-15-11-23(3)12-16-29)19-31(33)25(5)35(37)36-26(6)32-20-42(52(47,48)30-17-13-24(4)14-18-30)22-34(32)28(8)38(36)40(44)50-10-2/h11-18H,9-10,19-22H2,1-8H3. The molecule has 0 aliphatic carbocycles. The molecule has 0 bridgehead atoms. The number of carbonyl (C=O) groups excluding carboxylic acids is 2. The molecule has 0 fully saturated rings. The molecule has 0 spiro atoms. The first-order valence-corrected chi connectivity index (χ1v) is 20.2. The lowest BCUT2D eigenvalue weighted by atomic mass is 9.79. The molecule has 0 saturated carbocycles. The molecule has 0 atom stereocenters. The number of rotatable bonds is 9. The van der Waals surface area contributed by atoms with Crippen molar-refractivity contribution in [3.05, 3.63) is 115 Å². The summed E-state index contributed by atoms with van der Waals surface area (Å²) in [5.41, 5.74) is 8.57. The lowest BCUT2D eigenvalue weighted by Gasteiger charge is -2.25. The first-order valence-electron chi connectivity index (χ1n) is 17.3. The Balaban J connectivity index is 1.58. The molecule has 0 amide bonds. The minimum Gasteiger partial charge on any atom is -0.462 e. The predicted octanol–water partition coefficient (Wildman–Crippen LogP) is 6.97. The van der Waals surface area contributed by atoms with Crippen LogP contribution in [-0.4, -0.2) is 50.6 Å². The zero-order chi connectivity index (χ0) is 37.9. The smallest absolute Gasteiger partial charge is 0.339 e. The van der Waals surface area contributed by atoms with E-state index in [0.29, 0.717) is 44.5 Å². The van der Waals surface area contributed by atoms with Gasteiger partial charge in [-0.15, -0.1) is 0 Å². The minimum absolute atomic E-state index is 0.0592. The molecule has 2 aliphatic rings. The molecule has 52 heavy (non-hydrogen) atoms. The molecule has 2 heterocycles. The van der Waals surface area contributed by atoms with Crippen LogP contribution in [0.2, 0.25) is 0 Å². The quantitative estimate of drug-likeness (QED) is 0.168. The van der Waals surface area contributed by atoms with Crippen LogP contribution in [0.1, 0.15) is 90.2 Å². The lowest BCUT2D eigenvalue weighted by molar-refractivity contribution is 0.0513. The van der Waals surface area contributed by atoms with Gasteiger partial charge in [0, 0.05) is 37.3 Å². The molecule has 4 aromatic carbocycles. The molecule has 0 aromatic heterocycles. The molecule has 0 saturated heterocycles.